The number of rotatable bonds is 4. The number of aliphatic hydroxyl groups excluding tert-OH is 1. The Morgan fingerprint density at radius 3 is 2.84 bits per heavy atom. The summed E-state index contributed by atoms with van der Waals surface area (Å²) in [5.41, 5.74) is 2.83. The molecule has 2 N–H and O–H groups in total. The molecule has 6 nitrogen and oxygen atoms in total. The Balaban J connectivity index is 1.61. The summed E-state index contributed by atoms with van der Waals surface area (Å²) >= 11 is 9.80. The van der Waals surface area contributed by atoms with Crippen molar-refractivity contribution in [1.82, 2.24) is 15.0 Å². The smallest absolute Gasteiger partial charge is 0.296 e. The van der Waals surface area contributed by atoms with Crippen LogP contribution in [0.25, 0.3) is 22.4 Å². The van der Waals surface area contributed by atoms with Crippen molar-refractivity contribution in [3.8, 4) is 17.3 Å². The van der Waals surface area contributed by atoms with Gasteiger partial charge in [-0.25, -0.2) is 4.98 Å². The summed E-state index contributed by atoms with van der Waals surface area (Å²) in [6.07, 6.45) is 0.316. The average Bonchev–Trinajstić information content (AvgIpc) is 3.21. The second-order valence-corrected chi connectivity index (χ2v) is 7.18. The Labute approximate surface area is 157 Å². The second kappa shape index (κ2) is 6.92. The standard InChI is InChI=1S/C17H15BrClN3O3/c18-10-3-1-9(2-4-10)15-13(19)6-14-16(21-15)22-17(20-14)25-12-5-11(7-23)24-8-12/h1-4,6,11-12,23H,5,7-8H2,(H,20,21,22)/t11-,12-/m0/s1. The molecular formula is C17H15BrClN3O3. The second-order valence-electron chi connectivity index (χ2n) is 5.85. The van der Waals surface area contributed by atoms with E-state index in [9.17, 15) is 0 Å². The molecular weight excluding hydrogens is 410 g/mol. The number of fused-ring (bicyclic) bond motifs is 1. The molecule has 3 heterocycles. The third kappa shape index (κ3) is 3.50. The van der Waals surface area contributed by atoms with Gasteiger partial charge in [-0.3, -0.25) is 0 Å². The number of benzene rings is 1. The van der Waals surface area contributed by atoms with Crippen molar-refractivity contribution in [2.75, 3.05) is 13.2 Å². The monoisotopic (exact) mass is 423 g/mol. The van der Waals surface area contributed by atoms with Gasteiger partial charge in [-0.05, 0) is 18.2 Å². The van der Waals surface area contributed by atoms with E-state index in [1.54, 1.807) is 6.07 Å². The molecule has 0 unspecified atom stereocenters. The minimum atomic E-state index is -0.175. The van der Waals surface area contributed by atoms with E-state index in [0.717, 1.165) is 10.0 Å². The van der Waals surface area contributed by atoms with Gasteiger partial charge in [0.05, 0.1) is 35.6 Å². The summed E-state index contributed by atoms with van der Waals surface area (Å²) in [6, 6.07) is 9.93. The van der Waals surface area contributed by atoms with Gasteiger partial charge in [0, 0.05) is 16.5 Å². The minimum Gasteiger partial charge on any atom is -0.459 e. The summed E-state index contributed by atoms with van der Waals surface area (Å²) in [5, 5.41) is 9.66. The van der Waals surface area contributed by atoms with E-state index in [-0.39, 0.29) is 18.8 Å². The van der Waals surface area contributed by atoms with Gasteiger partial charge in [0.1, 0.15) is 6.10 Å². The lowest BCUT2D eigenvalue weighted by Crippen LogP contribution is -2.17. The molecule has 0 spiro atoms. The molecule has 2 aromatic heterocycles. The van der Waals surface area contributed by atoms with Crippen molar-refractivity contribution in [3.63, 3.8) is 0 Å². The van der Waals surface area contributed by atoms with Crippen LogP contribution in [0.2, 0.25) is 5.02 Å². The number of pyridine rings is 1. The Kier molecular flexibility index (Phi) is 4.64. The van der Waals surface area contributed by atoms with E-state index >= 15 is 0 Å². The summed E-state index contributed by atoms with van der Waals surface area (Å²) in [7, 11) is 0. The van der Waals surface area contributed by atoms with Gasteiger partial charge >= 0.3 is 0 Å². The highest BCUT2D eigenvalue weighted by Crippen LogP contribution is 2.30. The lowest BCUT2D eigenvalue weighted by molar-refractivity contribution is 0.0528. The summed E-state index contributed by atoms with van der Waals surface area (Å²) in [4.78, 5) is 12.0. The van der Waals surface area contributed by atoms with Crippen LogP contribution in [-0.2, 0) is 4.74 Å². The quantitative estimate of drug-likeness (QED) is 0.669. The van der Waals surface area contributed by atoms with Crippen molar-refractivity contribution < 1.29 is 14.6 Å². The fourth-order valence-corrected chi connectivity index (χ4v) is 3.33. The van der Waals surface area contributed by atoms with E-state index in [1.165, 1.54) is 0 Å². The van der Waals surface area contributed by atoms with Gasteiger partial charge < -0.3 is 19.6 Å². The number of hydrogen-bond acceptors (Lipinski definition) is 5. The lowest BCUT2D eigenvalue weighted by Gasteiger charge is -2.07. The SMILES string of the molecule is OC[C@@H]1C[C@H](Oc2nc3nc(-c4ccc(Br)cc4)c(Cl)cc3[nH]2)CO1. The first-order chi connectivity index (χ1) is 12.1. The predicted molar refractivity (Wildman–Crippen MR) is 97.9 cm³/mol. The van der Waals surface area contributed by atoms with Crippen LogP contribution < -0.4 is 4.74 Å². The molecule has 0 amide bonds. The van der Waals surface area contributed by atoms with E-state index in [2.05, 4.69) is 30.9 Å². The first-order valence-electron chi connectivity index (χ1n) is 7.83. The summed E-state index contributed by atoms with van der Waals surface area (Å²) in [5.74, 6) is 0. The van der Waals surface area contributed by atoms with Gasteiger partial charge in [0.25, 0.3) is 6.01 Å². The highest BCUT2D eigenvalue weighted by molar-refractivity contribution is 9.10. The molecule has 2 atom stereocenters. The Bertz CT molecular complexity index is 900. The first-order valence-corrected chi connectivity index (χ1v) is 9.01. The number of hydrogen-bond donors (Lipinski definition) is 2. The molecule has 1 saturated heterocycles. The van der Waals surface area contributed by atoms with Crippen molar-refractivity contribution in [2.24, 2.45) is 0 Å². The molecule has 0 aliphatic carbocycles. The van der Waals surface area contributed by atoms with Crippen molar-refractivity contribution in [2.45, 2.75) is 18.6 Å². The van der Waals surface area contributed by atoms with Gasteiger partial charge in [0.2, 0.25) is 0 Å². The minimum absolute atomic E-state index is 0.00625. The maximum absolute atomic E-state index is 9.12. The molecule has 3 aromatic rings. The first kappa shape index (κ1) is 16.8. The predicted octanol–water partition coefficient (Wildman–Crippen LogP) is 3.57. The molecule has 1 aliphatic heterocycles. The van der Waals surface area contributed by atoms with E-state index < -0.39 is 0 Å². The van der Waals surface area contributed by atoms with Crippen LogP contribution in [0.1, 0.15) is 6.42 Å². The number of aromatic amines is 1. The van der Waals surface area contributed by atoms with Crippen LogP contribution in [0.4, 0.5) is 0 Å². The molecule has 0 radical (unpaired) electrons. The number of imidazole rings is 1. The molecule has 25 heavy (non-hydrogen) atoms. The summed E-state index contributed by atoms with van der Waals surface area (Å²) in [6.45, 7) is 0.425. The summed E-state index contributed by atoms with van der Waals surface area (Å²) < 4.78 is 12.2. The molecule has 0 bridgehead atoms. The maximum Gasteiger partial charge on any atom is 0.296 e. The third-order valence-corrected chi connectivity index (χ3v) is 4.86. The maximum atomic E-state index is 9.12. The highest BCUT2D eigenvalue weighted by Gasteiger charge is 2.27. The topological polar surface area (TPSA) is 80.3 Å². The normalized spacial score (nSPS) is 20.3. The fourth-order valence-electron chi connectivity index (χ4n) is 2.80. The van der Waals surface area contributed by atoms with Crippen LogP contribution in [0, 0.1) is 0 Å². The van der Waals surface area contributed by atoms with Gasteiger partial charge in [-0.15, -0.1) is 0 Å². The van der Waals surface area contributed by atoms with E-state index in [1.807, 2.05) is 24.3 Å². The Morgan fingerprint density at radius 2 is 2.12 bits per heavy atom. The molecule has 130 valence electrons. The van der Waals surface area contributed by atoms with Gasteiger partial charge in [-0.2, -0.15) is 4.98 Å². The van der Waals surface area contributed by atoms with Crippen molar-refractivity contribution in [3.05, 3.63) is 39.8 Å². The highest BCUT2D eigenvalue weighted by atomic mass is 79.9. The van der Waals surface area contributed by atoms with E-state index in [4.69, 9.17) is 26.2 Å². The zero-order valence-electron chi connectivity index (χ0n) is 13.1. The van der Waals surface area contributed by atoms with Crippen LogP contribution in [0.3, 0.4) is 0 Å². The van der Waals surface area contributed by atoms with E-state index in [0.29, 0.717) is 40.9 Å². The Morgan fingerprint density at radius 1 is 1.32 bits per heavy atom. The number of ether oxygens (including phenoxy) is 2. The van der Waals surface area contributed by atoms with Crippen LogP contribution in [0.5, 0.6) is 6.01 Å². The van der Waals surface area contributed by atoms with Crippen LogP contribution in [0.15, 0.2) is 34.8 Å². The number of halogens is 2. The third-order valence-electron chi connectivity index (χ3n) is 4.05. The molecule has 1 aromatic carbocycles. The molecule has 1 aliphatic rings. The molecule has 1 fully saturated rings. The van der Waals surface area contributed by atoms with Gasteiger partial charge in [-0.1, -0.05) is 39.7 Å². The number of H-pyrrole nitrogens is 1. The van der Waals surface area contributed by atoms with Crippen LogP contribution in [-0.4, -0.2) is 45.5 Å². The Hall–Kier alpha value is -1.67. The number of nitrogens with zero attached hydrogens (tertiary/aromatic N) is 2. The van der Waals surface area contributed by atoms with Crippen LogP contribution >= 0.6 is 27.5 Å². The number of aromatic nitrogens is 3. The molecule has 0 saturated carbocycles. The number of aliphatic hydroxyl groups is 1. The zero-order chi connectivity index (χ0) is 17.4. The largest absolute Gasteiger partial charge is 0.459 e. The van der Waals surface area contributed by atoms with Gasteiger partial charge in [0.15, 0.2) is 5.65 Å². The number of nitrogens with one attached hydrogen (secondary N) is 1. The van der Waals surface area contributed by atoms with Crippen molar-refractivity contribution in [1.29, 1.82) is 0 Å². The van der Waals surface area contributed by atoms with Crippen molar-refractivity contribution >= 4 is 38.7 Å². The molecule has 8 heteroatoms. The molecule has 4 rings (SSSR count). The zero-order valence-corrected chi connectivity index (χ0v) is 15.4. The fraction of sp³-hybridized carbons (Fsp3) is 0.294. The lowest BCUT2D eigenvalue weighted by atomic mass is 10.1. The average molecular weight is 425 g/mol.